The maximum atomic E-state index is 5.70. The van der Waals surface area contributed by atoms with Gasteiger partial charge in [-0.05, 0) is 26.3 Å². The van der Waals surface area contributed by atoms with E-state index in [0.717, 1.165) is 32.8 Å². The standard InChI is InChI=1S/C12H24N2O2/c1-14-6-7-16-11(9-14)8-13-10-12(15-2)4-3-5-12/h11,13H,3-10H2,1-2H3. The normalized spacial score (nSPS) is 30.0. The Kier molecular flexibility index (Phi) is 4.19. The van der Waals surface area contributed by atoms with Gasteiger partial charge in [0.2, 0.25) is 0 Å². The van der Waals surface area contributed by atoms with Gasteiger partial charge in [0, 0.05) is 33.3 Å². The molecule has 0 spiro atoms. The Morgan fingerprint density at radius 3 is 2.88 bits per heavy atom. The molecule has 4 nitrogen and oxygen atoms in total. The van der Waals surface area contributed by atoms with Gasteiger partial charge in [-0.15, -0.1) is 0 Å². The van der Waals surface area contributed by atoms with E-state index in [1.165, 1.54) is 19.3 Å². The zero-order chi connectivity index (χ0) is 11.4. The van der Waals surface area contributed by atoms with Gasteiger partial charge in [-0.3, -0.25) is 0 Å². The number of nitrogens with one attached hydrogen (secondary N) is 1. The van der Waals surface area contributed by atoms with Gasteiger partial charge >= 0.3 is 0 Å². The first-order chi connectivity index (χ1) is 7.74. The average molecular weight is 228 g/mol. The lowest BCUT2D eigenvalue weighted by atomic mass is 9.80. The highest BCUT2D eigenvalue weighted by molar-refractivity contribution is 4.91. The molecule has 0 radical (unpaired) electrons. The molecule has 1 N–H and O–H groups in total. The summed E-state index contributed by atoms with van der Waals surface area (Å²) in [5, 5.41) is 3.49. The molecule has 2 aliphatic rings. The summed E-state index contributed by atoms with van der Waals surface area (Å²) >= 11 is 0. The van der Waals surface area contributed by atoms with E-state index in [0.29, 0.717) is 6.10 Å². The average Bonchev–Trinajstić information content (AvgIpc) is 2.22. The number of rotatable bonds is 5. The molecule has 1 saturated heterocycles. The maximum Gasteiger partial charge on any atom is 0.0826 e. The lowest BCUT2D eigenvalue weighted by molar-refractivity contribution is -0.0736. The fourth-order valence-electron chi connectivity index (χ4n) is 2.48. The van der Waals surface area contributed by atoms with Crippen LogP contribution in [0.2, 0.25) is 0 Å². The van der Waals surface area contributed by atoms with Crippen molar-refractivity contribution in [2.75, 3.05) is 46.9 Å². The van der Waals surface area contributed by atoms with Crippen LogP contribution in [-0.2, 0) is 9.47 Å². The van der Waals surface area contributed by atoms with Crippen LogP contribution >= 0.6 is 0 Å². The van der Waals surface area contributed by atoms with Gasteiger partial charge < -0.3 is 19.7 Å². The van der Waals surface area contributed by atoms with Crippen molar-refractivity contribution in [1.82, 2.24) is 10.2 Å². The monoisotopic (exact) mass is 228 g/mol. The van der Waals surface area contributed by atoms with Crippen LogP contribution in [0.4, 0.5) is 0 Å². The minimum Gasteiger partial charge on any atom is -0.377 e. The molecule has 1 unspecified atom stereocenters. The number of methoxy groups -OCH3 is 1. The first kappa shape index (κ1) is 12.3. The molecule has 1 heterocycles. The molecule has 1 saturated carbocycles. The molecule has 1 aliphatic heterocycles. The van der Waals surface area contributed by atoms with E-state index in [1.54, 1.807) is 0 Å². The summed E-state index contributed by atoms with van der Waals surface area (Å²) in [5.41, 5.74) is 0.126. The lowest BCUT2D eigenvalue weighted by Crippen LogP contribution is -2.51. The predicted molar refractivity (Wildman–Crippen MR) is 63.7 cm³/mol. The number of likely N-dealkylation sites (N-methyl/N-ethyl adjacent to an activating group) is 1. The Hall–Kier alpha value is -0.160. The van der Waals surface area contributed by atoms with Crippen molar-refractivity contribution in [2.24, 2.45) is 0 Å². The number of morpholine rings is 1. The van der Waals surface area contributed by atoms with Gasteiger partial charge in [0.1, 0.15) is 0 Å². The summed E-state index contributed by atoms with van der Waals surface area (Å²) in [6.45, 7) is 4.85. The van der Waals surface area contributed by atoms with E-state index in [2.05, 4.69) is 17.3 Å². The summed E-state index contributed by atoms with van der Waals surface area (Å²) in [7, 11) is 3.98. The van der Waals surface area contributed by atoms with Gasteiger partial charge in [-0.1, -0.05) is 0 Å². The van der Waals surface area contributed by atoms with E-state index in [9.17, 15) is 0 Å². The molecule has 0 aromatic carbocycles. The van der Waals surface area contributed by atoms with Crippen molar-refractivity contribution in [3.8, 4) is 0 Å². The smallest absolute Gasteiger partial charge is 0.0826 e. The summed E-state index contributed by atoms with van der Waals surface area (Å²) < 4.78 is 11.3. The van der Waals surface area contributed by atoms with E-state index in [1.807, 2.05) is 7.11 Å². The predicted octanol–water partition coefficient (Wildman–Crippen LogP) is 0.476. The third-order valence-corrected chi connectivity index (χ3v) is 3.86. The molecule has 4 heteroatoms. The van der Waals surface area contributed by atoms with Crippen LogP contribution in [-0.4, -0.2) is 63.5 Å². The second-order valence-corrected chi connectivity index (χ2v) is 5.13. The number of hydrogen-bond acceptors (Lipinski definition) is 4. The second kappa shape index (κ2) is 5.45. The van der Waals surface area contributed by atoms with Crippen LogP contribution in [0.15, 0.2) is 0 Å². The Morgan fingerprint density at radius 1 is 1.50 bits per heavy atom. The molecule has 1 aliphatic carbocycles. The quantitative estimate of drug-likeness (QED) is 0.742. The molecular formula is C12H24N2O2. The summed E-state index contributed by atoms with van der Waals surface area (Å²) in [6.07, 6.45) is 4.04. The van der Waals surface area contributed by atoms with Crippen molar-refractivity contribution < 1.29 is 9.47 Å². The number of ether oxygens (including phenoxy) is 2. The topological polar surface area (TPSA) is 33.7 Å². The highest BCUT2D eigenvalue weighted by Crippen LogP contribution is 2.34. The van der Waals surface area contributed by atoms with Crippen LogP contribution in [0.3, 0.4) is 0 Å². The molecule has 94 valence electrons. The highest BCUT2D eigenvalue weighted by Gasteiger charge is 2.36. The van der Waals surface area contributed by atoms with Gasteiger partial charge in [0.15, 0.2) is 0 Å². The van der Waals surface area contributed by atoms with Crippen molar-refractivity contribution in [3.63, 3.8) is 0 Å². The van der Waals surface area contributed by atoms with Gasteiger partial charge in [-0.25, -0.2) is 0 Å². The Morgan fingerprint density at radius 2 is 2.31 bits per heavy atom. The van der Waals surface area contributed by atoms with Gasteiger partial charge in [0.25, 0.3) is 0 Å². The molecule has 2 fully saturated rings. The molecule has 0 bridgehead atoms. The van der Waals surface area contributed by atoms with Gasteiger partial charge in [0.05, 0.1) is 18.3 Å². The molecule has 0 aromatic heterocycles. The SMILES string of the molecule is COC1(CNCC2CN(C)CCO2)CCC1. The highest BCUT2D eigenvalue weighted by atomic mass is 16.5. The largest absolute Gasteiger partial charge is 0.377 e. The molecule has 2 rings (SSSR count). The summed E-state index contributed by atoms with van der Waals surface area (Å²) in [5.74, 6) is 0. The third kappa shape index (κ3) is 2.94. The van der Waals surface area contributed by atoms with Crippen molar-refractivity contribution in [3.05, 3.63) is 0 Å². The van der Waals surface area contributed by atoms with Crippen LogP contribution in [0, 0.1) is 0 Å². The molecule has 1 atom stereocenters. The van der Waals surface area contributed by atoms with Crippen LogP contribution in [0.25, 0.3) is 0 Å². The lowest BCUT2D eigenvalue weighted by Gasteiger charge is -2.41. The van der Waals surface area contributed by atoms with E-state index in [-0.39, 0.29) is 5.60 Å². The molecule has 16 heavy (non-hydrogen) atoms. The fraction of sp³-hybridized carbons (Fsp3) is 1.00. The Balaban J connectivity index is 1.63. The zero-order valence-corrected chi connectivity index (χ0v) is 10.5. The number of nitrogens with zero attached hydrogens (tertiary/aromatic N) is 1. The minimum absolute atomic E-state index is 0.126. The zero-order valence-electron chi connectivity index (χ0n) is 10.5. The van der Waals surface area contributed by atoms with Crippen LogP contribution in [0.1, 0.15) is 19.3 Å². The van der Waals surface area contributed by atoms with E-state index in [4.69, 9.17) is 9.47 Å². The fourth-order valence-corrected chi connectivity index (χ4v) is 2.48. The molecule has 0 amide bonds. The van der Waals surface area contributed by atoms with Gasteiger partial charge in [-0.2, -0.15) is 0 Å². The first-order valence-corrected chi connectivity index (χ1v) is 6.30. The van der Waals surface area contributed by atoms with Crippen LogP contribution < -0.4 is 5.32 Å². The summed E-state index contributed by atoms with van der Waals surface area (Å²) in [6, 6.07) is 0. The van der Waals surface area contributed by atoms with E-state index >= 15 is 0 Å². The van der Waals surface area contributed by atoms with Crippen LogP contribution in [0.5, 0.6) is 0 Å². The minimum atomic E-state index is 0.126. The summed E-state index contributed by atoms with van der Waals surface area (Å²) in [4.78, 5) is 2.32. The molecular weight excluding hydrogens is 204 g/mol. The maximum absolute atomic E-state index is 5.70. The number of hydrogen-bond donors (Lipinski definition) is 1. The van der Waals surface area contributed by atoms with Crippen molar-refractivity contribution >= 4 is 0 Å². The van der Waals surface area contributed by atoms with Crippen molar-refractivity contribution in [2.45, 2.75) is 31.0 Å². The third-order valence-electron chi connectivity index (χ3n) is 3.86. The van der Waals surface area contributed by atoms with E-state index < -0.39 is 0 Å². The first-order valence-electron chi connectivity index (χ1n) is 6.30. The second-order valence-electron chi connectivity index (χ2n) is 5.13. The molecule has 0 aromatic rings. The van der Waals surface area contributed by atoms with Crippen molar-refractivity contribution in [1.29, 1.82) is 0 Å². The Bertz CT molecular complexity index is 214. The Labute approximate surface area is 98.3 Å².